The van der Waals surface area contributed by atoms with Gasteiger partial charge in [0.05, 0.1) is 13.2 Å². The van der Waals surface area contributed by atoms with Crippen LogP contribution in [0.3, 0.4) is 0 Å². The lowest BCUT2D eigenvalue weighted by Crippen LogP contribution is -2.52. The lowest BCUT2D eigenvalue weighted by atomic mass is 10.2. The molecule has 1 rings (SSSR count). The number of nitrogens with zero attached hydrogens (tertiary/aromatic N) is 1. The SMILES string of the molecule is CCOCCNC(=O)CN1CCNC[C@H]1C. The van der Waals surface area contributed by atoms with E-state index in [1.165, 1.54) is 0 Å². The minimum atomic E-state index is 0.0912. The summed E-state index contributed by atoms with van der Waals surface area (Å²) in [7, 11) is 0. The number of rotatable bonds is 6. The van der Waals surface area contributed by atoms with Crippen molar-refractivity contribution >= 4 is 5.91 Å². The van der Waals surface area contributed by atoms with Gasteiger partial charge in [-0.05, 0) is 13.8 Å². The first-order valence-corrected chi connectivity index (χ1v) is 6.03. The molecule has 1 aliphatic rings. The molecule has 0 aliphatic carbocycles. The van der Waals surface area contributed by atoms with Gasteiger partial charge >= 0.3 is 0 Å². The molecule has 94 valence electrons. The summed E-state index contributed by atoms with van der Waals surface area (Å²) in [4.78, 5) is 13.8. The second kappa shape index (κ2) is 7.60. The normalized spacial score (nSPS) is 22.0. The number of amides is 1. The number of carbonyl (C=O) groups is 1. The Kier molecular flexibility index (Phi) is 6.37. The van der Waals surface area contributed by atoms with E-state index < -0.39 is 0 Å². The van der Waals surface area contributed by atoms with E-state index in [0.29, 0.717) is 32.3 Å². The largest absolute Gasteiger partial charge is 0.380 e. The average molecular weight is 229 g/mol. The van der Waals surface area contributed by atoms with E-state index in [1.54, 1.807) is 0 Å². The molecule has 16 heavy (non-hydrogen) atoms. The van der Waals surface area contributed by atoms with Crippen molar-refractivity contribution < 1.29 is 9.53 Å². The van der Waals surface area contributed by atoms with Crippen molar-refractivity contribution in [2.75, 3.05) is 45.9 Å². The van der Waals surface area contributed by atoms with E-state index >= 15 is 0 Å². The Morgan fingerprint density at radius 3 is 3.12 bits per heavy atom. The maximum Gasteiger partial charge on any atom is 0.234 e. The van der Waals surface area contributed by atoms with Gasteiger partial charge in [-0.1, -0.05) is 0 Å². The van der Waals surface area contributed by atoms with E-state index in [4.69, 9.17) is 4.74 Å². The van der Waals surface area contributed by atoms with Gasteiger partial charge in [-0.2, -0.15) is 0 Å². The van der Waals surface area contributed by atoms with Crippen LogP contribution in [0.25, 0.3) is 0 Å². The molecule has 5 nitrogen and oxygen atoms in total. The highest BCUT2D eigenvalue weighted by Crippen LogP contribution is 2.00. The highest BCUT2D eigenvalue weighted by Gasteiger charge is 2.19. The molecule has 0 aromatic heterocycles. The minimum absolute atomic E-state index is 0.0912. The van der Waals surface area contributed by atoms with Crippen LogP contribution in [0.15, 0.2) is 0 Å². The van der Waals surface area contributed by atoms with Gasteiger partial charge < -0.3 is 15.4 Å². The number of nitrogens with one attached hydrogen (secondary N) is 2. The average Bonchev–Trinajstić information content (AvgIpc) is 2.28. The Morgan fingerprint density at radius 1 is 1.62 bits per heavy atom. The summed E-state index contributed by atoms with van der Waals surface area (Å²) in [6.45, 7) is 9.36. The van der Waals surface area contributed by atoms with Gasteiger partial charge in [0.2, 0.25) is 5.91 Å². The van der Waals surface area contributed by atoms with Crippen LogP contribution in [-0.2, 0) is 9.53 Å². The van der Waals surface area contributed by atoms with Crippen molar-refractivity contribution in [2.45, 2.75) is 19.9 Å². The first-order valence-electron chi connectivity index (χ1n) is 6.03. The molecular formula is C11H23N3O2. The summed E-state index contributed by atoms with van der Waals surface area (Å²) in [5.74, 6) is 0.0912. The highest BCUT2D eigenvalue weighted by atomic mass is 16.5. The third kappa shape index (κ3) is 4.92. The lowest BCUT2D eigenvalue weighted by Gasteiger charge is -2.33. The van der Waals surface area contributed by atoms with E-state index in [-0.39, 0.29) is 5.91 Å². The Hall–Kier alpha value is -0.650. The van der Waals surface area contributed by atoms with Gasteiger partial charge in [0.25, 0.3) is 0 Å². The summed E-state index contributed by atoms with van der Waals surface area (Å²) in [5, 5.41) is 6.16. The van der Waals surface area contributed by atoms with Crippen LogP contribution in [0.1, 0.15) is 13.8 Å². The van der Waals surface area contributed by atoms with Crippen molar-refractivity contribution in [1.29, 1.82) is 0 Å². The van der Waals surface area contributed by atoms with Crippen LogP contribution in [0.2, 0.25) is 0 Å². The fraction of sp³-hybridized carbons (Fsp3) is 0.909. The third-order valence-corrected chi connectivity index (χ3v) is 2.76. The van der Waals surface area contributed by atoms with Gasteiger partial charge in [0.15, 0.2) is 0 Å². The molecule has 1 atom stereocenters. The maximum atomic E-state index is 11.6. The Balaban J connectivity index is 2.12. The molecule has 1 heterocycles. The van der Waals surface area contributed by atoms with Gasteiger partial charge in [-0.3, -0.25) is 9.69 Å². The van der Waals surface area contributed by atoms with Crippen molar-refractivity contribution in [3.8, 4) is 0 Å². The summed E-state index contributed by atoms with van der Waals surface area (Å²) in [5.41, 5.74) is 0. The van der Waals surface area contributed by atoms with Crippen LogP contribution in [0, 0.1) is 0 Å². The number of ether oxygens (including phenoxy) is 1. The van der Waals surface area contributed by atoms with Gasteiger partial charge in [0, 0.05) is 38.8 Å². The monoisotopic (exact) mass is 229 g/mol. The first kappa shape index (κ1) is 13.4. The fourth-order valence-corrected chi connectivity index (χ4v) is 1.77. The summed E-state index contributed by atoms with van der Waals surface area (Å²) in [6.07, 6.45) is 0. The molecule has 1 aliphatic heterocycles. The lowest BCUT2D eigenvalue weighted by molar-refractivity contribution is -0.123. The predicted molar refractivity (Wildman–Crippen MR) is 63.4 cm³/mol. The van der Waals surface area contributed by atoms with Gasteiger partial charge in [0.1, 0.15) is 0 Å². The molecule has 1 amide bonds. The van der Waals surface area contributed by atoms with Gasteiger partial charge in [-0.25, -0.2) is 0 Å². The van der Waals surface area contributed by atoms with Crippen LogP contribution in [-0.4, -0.2) is 62.8 Å². The predicted octanol–water partition coefficient (Wildman–Crippen LogP) is -0.567. The molecule has 1 fully saturated rings. The molecule has 0 aromatic rings. The molecule has 0 radical (unpaired) electrons. The number of piperazine rings is 1. The number of carbonyl (C=O) groups excluding carboxylic acids is 1. The maximum absolute atomic E-state index is 11.6. The van der Waals surface area contributed by atoms with Gasteiger partial charge in [-0.15, -0.1) is 0 Å². The van der Waals surface area contributed by atoms with Crippen LogP contribution < -0.4 is 10.6 Å². The molecule has 0 unspecified atom stereocenters. The molecular weight excluding hydrogens is 206 g/mol. The summed E-state index contributed by atoms with van der Waals surface area (Å²) in [6, 6.07) is 0.436. The van der Waals surface area contributed by atoms with Crippen molar-refractivity contribution in [3.63, 3.8) is 0 Å². The molecule has 5 heteroatoms. The van der Waals surface area contributed by atoms with Crippen molar-refractivity contribution in [3.05, 3.63) is 0 Å². The molecule has 1 saturated heterocycles. The quantitative estimate of drug-likeness (QED) is 0.599. The highest BCUT2D eigenvalue weighted by molar-refractivity contribution is 5.78. The number of hydrogen-bond acceptors (Lipinski definition) is 4. The van der Waals surface area contributed by atoms with Crippen LogP contribution >= 0.6 is 0 Å². The van der Waals surface area contributed by atoms with Crippen molar-refractivity contribution in [1.82, 2.24) is 15.5 Å². The van der Waals surface area contributed by atoms with Crippen molar-refractivity contribution in [2.24, 2.45) is 0 Å². The second-order valence-electron chi connectivity index (χ2n) is 4.07. The smallest absolute Gasteiger partial charge is 0.234 e. The first-order chi connectivity index (χ1) is 7.74. The zero-order chi connectivity index (χ0) is 11.8. The standard InChI is InChI=1S/C11H23N3O2/c1-3-16-7-5-13-11(15)9-14-6-4-12-8-10(14)2/h10,12H,3-9H2,1-2H3,(H,13,15)/t10-/m1/s1. The Morgan fingerprint density at radius 2 is 2.44 bits per heavy atom. The third-order valence-electron chi connectivity index (χ3n) is 2.76. The molecule has 0 bridgehead atoms. The zero-order valence-corrected chi connectivity index (χ0v) is 10.3. The molecule has 0 saturated carbocycles. The summed E-state index contributed by atoms with van der Waals surface area (Å²) >= 11 is 0. The zero-order valence-electron chi connectivity index (χ0n) is 10.3. The van der Waals surface area contributed by atoms with E-state index in [2.05, 4.69) is 22.5 Å². The second-order valence-corrected chi connectivity index (χ2v) is 4.07. The van der Waals surface area contributed by atoms with E-state index in [9.17, 15) is 4.79 Å². The van der Waals surface area contributed by atoms with E-state index in [1.807, 2.05) is 6.92 Å². The Labute approximate surface area is 97.5 Å². The minimum Gasteiger partial charge on any atom is -0.380 e. The fourth-order valence-electron chi connectivity index (χ4n) is 1.77. The molecule has 0 spiro atoms. The summed E-state index contributed by atoms with van der Waals surface area (Å²) < 4.78 is 5.16. The molecule has 0 aromatic carbocycles. The number of hydrogen-bond donors (Lipinski definition) is 2. The van der Waals surface area contributed by atoms with Crippen LogP contribution in [0.5, 0.6) is 0 Å². The van der Waals surface area contributed by atoms with Crippen LogP contribution in [0.4, 0.5) is 0 Å². The Bertz CT molecular complexity index is 211. The van der Waals surface area contributed by atoms with E-state index in [0.717, 1.165) is 19.6 Å². The topological polar surface area (TPSA) is 53.6 Å². The molecule has 2 N–H and O–H groups in total.